The summed E-state index contributed by atoms with van der Waals surface area (Å²) in [5, 5.41) is 0. The van der Waals surface area contributed by atoms with Crippen molar-refractivity contribution in [2.24, 2.45) is 10.8 Å². The zero-order valence-corrected chi connectivity index (χ0v) is 20.5. The molecule has 0 aromatic rings. The first-order chi connectivity index (χ1) is 13.3. The van der Waals surface area contributed by atoms with Crippen molar-refractivity contribution in [2.45, 2.75) is 66.6 Å². The number of hydrogen-bond donors (Lipinski definition) is 0. The molecule has 2 rings (SSSR count). The molecule has 0 aromatic heterocycles. The summed E-state index contributed by atoms with van der Waals surface area (Å²) in [7, 11) is 3.81. The predicted octanol–water partition coefficient (Wildman–Crippen LogP) is 2.68. The minimum absolute atomic E-state index is 0.0562. The summed E-state index contributed by atoms with van der Waals surface area (Å²) in [6, 6.07) is 0. The van der Waals surface area contributed by atoms with E-state index in [1.807, 2.05) is 46.7 Å². The summed E-state index contributed by atoms with van der Waals surface area (Å²) in [6.07, 6.45) is 0. The van der Waals surface area contributed by atoms with Crippen molar-refractivity contribution < 1.29 is 23.9 Å². The fraction of sp³-hybridized carbons (Fsp3) is 0.783. The van der Waals surface area contributed by atoms with Gasteiger partial charge in [0.25, 0.3) is 0 Å². The summed E-state index contributed by atoms with van der Waals surface area (Å²) in [5.74, 6) is -0.632. The van der Waals surface area contributed by atoms with Crippen LogP contribution in [-0.4, -0.2) is 79.0 Å². The van der Waals surface area contributed by atoms with Crippen LogP contribution >= 0.6 is 0 Å². The lowest BCUT2D eigenvalue weighted by atomic mass is 9.86. The van der Waals surface area contributed by atoms with Gasteiger partial charge in [-0.2, -0.15) is 0 Å². The van der Waals surface area contributed by atoms with Gasteiger partial charge in [-0.25, -0.2) is 0 Å². The van der Waals surface area contributed by atoms with Gasteiger partial charge in [-0.05, 0) is 75.1 Å². The molecule has 0 spiro atoms. The lowest BCUT2D eigenvalue weighted by Crippen LogP contribution is -2.41. The van der Waals surface area contributed by atoms with Gasteiger partial charge in [-0.3, -0.25) is 19.3 Å². The summed E-state index contributed by atoms with van der Waals surface area (Å²) in [5.41, 5.74) is -1.55. The van der Waals surface area contributed by atoms with Crippen molar-refractivity contribution in [1.82, 2.24) is 9.80 Å². The first-order valence-corrected chi connectivity index (χ1v) is 10.4. The van der Waals surface area contributed by atoms with Crippen LogP contribution in [0.2, 0.25) is 0 Å². The molecule has 30 heavy (non-hydrogen) atoms. The number of carbonyl (C=O) groups is 3. The maximum Gasteiger partial charge on any atom is 0.321 e. The number of likely N-dealkylation sites (N-methyl/N-ethyl adjacent to an activating group) is 2. The molecule has 0 amide bonds. The van der Waals surface area contributed by atoms with E-state index in [0.717, 1.165) is 12.1 Å². The van der Waals surface area contributed by atoms with E-state index in [1.54, 1.807) is 27.7 Å². The molecule has 0 radical (unpaired) electrons. The number of hydrogen-bond acceptors (Lipinski definition) is 7. The van der Waals surface area contributed by atoms with Crippen LogP contribution < -0.4 is 0 Å². The Morgan fingerprint density at radius 2 is 1.20 bits per heavy atom. The topological polar surface area (TPSA) is 76.2 Å². The highest BCUT2D eigenvalue weighted by molar-refractivity contribution is 6.06. The number of ketones is 1. The maximum atomic E-state index is 12.0. The molecular formula is C23H40N2O5. The molecule has 0 aromatic carbocycles. The molecule has 2 saturated heterocycles. The number of carbonyl (C=O) groups excluding carboxylic acids is 3. The Morgan fingerprint density at radius 3 is 1.50 bits per heavy atom. The smallest absolute Gasteiger partial charge is 0.321 e. The summed E-state index contributed by atoms with van der Waals surface area (Å²) < 4.78 is 10.7. The molecule has 2 aliphatic heterocycles. The van der Waals surface area contributed by atoms with Crippen molar-refractivity contribution in [2.75, 3.05) is 40.3 Å². The number of esters is 2. The van der Waals surface area contributed by atoms with Crippen LogP contribution in [0, 0.1) is 10.8 Å². The molecule has 0 bridgehead atoms. The standard InChI is InChI=1S/C12H21NO2.C11H19NO3/c1-9-7-13(6)8-12(9,5)10(14)15-11(2,3)4;1-10(2,3)15-9(14)11(4)7-12(5)6-8(11)13/h1,7-8H2,2-6H3;6-7H2,1-5H3/t12-;11-/m00/s1. The second kappa shape index (κ2) is 8.79. The van der Waals surface area contributed by atoms with E-state index in [4.69, 9.17) is 9.47 Å². The molecule has 0 N–H and O–H groups in total. The Hall–Kier alpha value is -1.73. The quantitative estimate of drug-likeness (QED) is 0.383. The molecule has 7 heteroatoms. The average Bonchev–Trinajstić information content (AvgIpc) is 2.92. The summed E-state index contributed by atoms with van der Waals surface area (Å²) in [6.45, 7) is 20.8. The number of rotatable bonds is 2. The Morgan fingerprint density at radius 1 is 0.833 bits per heavy atom. The highest BCUT2D eigenvalue weighted by Gasteiger charge is 2.49. The highest BCUT2D eigenvalue weighted by Crippen LogP contribution is 2.35. The molecule has 2 heterocycles. The van der Waals surface area contributed by atoms with Crippen molar-refractivity contribution in [3.05, 3.63) is 12.2 Å². The van der Waals surface area contributed by atoms with Gasteiger partial charge in [-0.1, -0.05) is 6.58 Å². The molecule has 0 saturated carbocycles. The zero-order valence-electron chi connectivity index (χ0n) is 20.5. The van der Waals surface area contributed by atoms with Gasteiger partial charge in [0.15, 0.2) is 5.78 Å². The van der Waals surface area contributed by atoms with E-state index in [2.05, 4.69) is 11.5 Å². The lowest BCUT2D eigenvalue weighted by molar-refractivity contribution is -0.167. The van der Waals surface area contributed by atoms with Crippen LogP contribution in [0.15, 0.2) is 12.2 Å². The van der Waals surface area contributed by atoms with E-state index in [0.29, 0.717) is 19.6 Å². The third-order valence-electron chi connectivity index (χ3n) is 5.14. The van der Waals surface area contributed by atoms with Gasteiger partial charge >= 0.3 is 11.9 Å². The molecule has 0 aliphatic carbocycles. The predicted molar refractivity (Wildman–Crippen MR) is 117 cm³/mol. The van der Waals surface area contributed by atoms with Gasteiger partial charge in [-0.15, -0.1) is 0 Å². The van der Waals surface area contributed by atoms with Crippen LogP contribution in [-0.2, 0) is 23.9 Å². The summed E-state index contributed by atoms with van der Waals surface area (Å²) >= 11 is 0. The van der Waals surface area contributed by atoms with Crippen LogP contribution in [0.4, 0.5) is 0 Å². The van der Waals surface area contributed by atoms with E-state index in [1.165, 1.54) is 0 Å². The SMILES string of the molecule is C=C1CN(C)C[C@]1(C)C(=O)OC(C)(C)C.CN1CC(=O)[C@@](C)(C(=O)OC(C)(C)C)C1. The van der Waals surface area contributed by atoms with Gasteiger partial charge in [0.05, 0.1) is 12.0 Å². The molecule has 2 fully saturated rings. The largest absolute Gasteiger partial charge is 0.459 e. The van der Waals surface area contributed by atoms with Crippen molar-refractivity contribution in [1.29, 1.82) is 0 Å². The van der Waals surface area contributed by atoms with E-state index >= 15 is 0 Å². The number of likely N-dealkylation sites (tertiary alicyclic amines) is 2. The Kier molecular flexibility index (Phi) is 7.71. The van der Waals surface area contributed by atoms with Crippen LogP contribution in [0.1, 0.15) is 55.4 Å². The fourth-order valence-electron chi connectivity index (χ4n) is 3.48. The van der Waals surface area contributed by atoms with Crippen LogP contribution in [0.5, 0.6) is 0 Å². The van der Waals surface area contributed by atoms with E-state index < -0.39 is 28.0 Å². The highest BCUT2D eigenvalue weighted by atomic mass is 16.6. The second-order valence-electron chi connectivity index (χ2n) is 11.0. The van der Waals surface area contributed by atoms with Gasteiger partial charge in [0.1, 0.15) is 16.6 Å². The van der Waals surface area contributed by atoms with Crippen molar-refractivity contribution >= 4 is 17.7 Å². The van der Waals surface area contributed by atoms with Crippen LogP contribution in [0.25, 0.3) is 0 Å². The first kappa shape index (κ1) is 26.3. The van der Waals surface area contributed by atoms with Gasteiger partial charge in [0, 0.05) is 19.6 Å². The third kappa shape index (κ3) is 6.64. The minimum Gasteiger partial charge on any atom is -0.459 e. The summed E-state index contributed by atoms with van der Waals surface area (Å²) in [4.78, 5) is 39.5. The molecule has 7 nitrogen and oxygen atoms in total. The van der Waals surface area contributed by atoms with Crippen LogP contribution in [0.3, 0.4) is 0 Å². The van der Waals surface area contributed by atoms with E-state index in [-0.39, 0.29) is 11.8 Å². The van der Waals surface area contributed by atoms with Gasteiger partial charge < -0.3 is 14.4 Å². The number of nitrogens with zero attached hydrogens (tertiary/aromatic N) is 2. The fourth-order valence-corrected chi connectivity index (χ4v) is 3.48. The third-order valence-corrected chi connectivity index (χ3v) is 5.14. The Bertz CT molecular complexity index is 643. The lowest BCUT2D eigenvalue weighted by Gasteiger charge is -2.28. The molecule has 2 aliphatic rings. The zero-order chi connectivity index (χ0) is 23.7. The monoisotopic (exact) mass is 424 g/mol. The number of Topliss-reactive ketones (excluding diaryl/α,β-unsaturated/α-hetero) is 1. The normalized spacial score (nSPS) is 28.2. The van der Waals surface area contributed by atoms with E-state index in [9.17, 15) is 14.4 Å². The second-order valence-corrected chi connectivity index (χ2v) is 11.0. The Balaban J connectivity index is 0.000000300. The molecular weight excluding hydrogens is 384 g/mol. The first-order valence-electron chi connectivity index (χ1n) is 10.4. The number of ether oxygens (including phenoxy) is 2. The molecule has 2 atom stereocenters. The molecule has 172 valence electrons. The maximum absolute atomic E-state index is 12.0. The van der Waals surface area contributed by atoms with Crippen molar-refractivity contribution in [3.8, 4) is 0 Å². The molecule has 0 unspecified atom stereocenters. The Labute approximate surface area is 181 Å². The minimum atomic E-state index is -0.984. The van der Waals surface area contributed by atoms with Gasteiger partial charge in [0.2, 0.25) is 0 Å². The van der Waals surface area contributed by atoms with Crippen molar-refractivity contribution in [3.63, 3.8) is 0 Å². The average molecular weight is 425 g/mol.